The second-order valence-corrected chi connectivity index (χ2v) is 6.77. The van der Waals surface area contributed by atoms with Gasteiger partial charge in [-0.2, -0.15) is 0 Å². The highest BCUT2D eigenvalue weighted by molar-refractivity contribution is 7.10. The van der Waals surface area contributed by atoms with Gasteiger partial charge in [0.1, 0.15) is 0 Å². The highest BCUT2D eigenvalue weighted by Gasteiger charge is 2.18. The second kappa shape index (κ2) is 8.62. The van der Waals surface area contributed by atoms with Gasteiger partial charge in [-0.05, 0) is 23.1 Å². The molecule has 0 atom stereocenters. The highest BCUT2D eigenvalue weighted by atomic mass is 32.1. The van der Waals surface area contributed by atoms with E-state index in [1.807, 2.05) is 46.7 Å². The Morgan fingerprint density at radius 2 is 1.79 bits per heavy atom. The van der Waals surface area contributed by atoms with Gasteiger partial charge in [-0.25, -0.2) is 0 Å². The van der Waals surface area contributed by atoms with Crippen molar-refractivity contribution in [3.05, 3.63) is 70.4 Å². The van der Waals surface area contributed by atoms with Crippen LogP contribution < -0.4 is 0 Å². The van der Waals surface area contributed by atoms with Gasteiger partial charge in [-0.1, -0.05) is 48.6 Å². The number of nitrogens with zero attached hydrogens (tertiary/aromatic N) is 2. The standard InChI is InChI=1S/C20H22N2OS/c23-20(11-10-19-9-5-17-24-19)22-15-13-21(14-16-22)12-4-8-18-6-2-1-3-7-18/h1-11,17H,12-16H2. The third kappa shape index (κ3) is 4.91. The molecule has 0 unspecified atom stereocenters. The number of piperazine rings is 1. The van der Waals surface area contributed by atoms with Crippen molar-refractivity contribution < 1.29 is 4.79 Å². The number of rotatable bonds is 5. The second-order valence-electron chi connectivity index (χ2n) is 5.79. The van der Waals surface area contributed by atoms with Gasteiger partial charge in [-0.3, -0.25) is 9.69 Å². The van der Waals surface area contributed by atoms with Crippen LogP contribution in [0, 0.1) is 0 Å². The van der Waals surface area contributed by atoms with E-state index in [4.69, 9.17) is 0 Å². The molecular weight excluding hydrogens is 316 g/mol. The molecule has 1 saturated heterocycles. The number of carbonyl (C=O) groups is 1. The lowest BCUT2D eigenvalue weighted by Gasteiger charge is -2.33. The Bertz CT molecular complexity index is 684. The average Bonchev–Trinajstić information content (AvgIpc) is 3.15. The van der Waals surface area contributed by atoms with Crippen LogP contribution in [0.15, 0.2) is 60.0 Å². The summed E-state index contributed by atoms with van der Waals surface area (Å²) in [5, 5.41) is 2.02. The van der Waals surface area contributed by atoms with Crippen molar-refractivity contribution in [2.75, 3.05) is 32.7 Å². The Kier molecular flexibility index (Phi) is 5.99. The Balaban J connectivity index is 1.42. The molecule has 0 aliphatic carbocycles. The zero-order valence-electron chi connectivity index (χ0n) is 13.7. The largest absolute Gasteiger partial charge is 0.337 e. The van der Waals surface area contributed by atoms with Gasteiger partial charge in [-0.15, -0.1) is 11.3 Å². The first-order valence-corrected chi connectivity index (χ1v) is 9.14. The molecule has 1 amide bonds. The normalized spacial score (nSPS) is 16.2. The smallest absolute Gasteiger partial charge is 0.246 e. The number of hydrogen-bond acceptors (Lipinski definition) is 3. The molecule has 2 aromatic rings. The summed E-state index contributed by atoms with van der Waals surface area (Å²) in [6.07, 6.45) is 7.95. The van der Waals surface area contributed by atoms with E-state index in [0.29, 0.717) is 0 Å². The molecule has 3 nitrogen and oxygen atoms in total. The Morgan fingerprint density at radius 1 is 1.00 bits per heavy atom. The van der Waals surface area contributed by atoms with Crippen molar-refractivity contribution in [3.63, 3.8) is 0 Å². The van der Waals surface area contributed by atoms with Crippen LogP contribution in [0.25, 0.3) is 12.2 Å². The number of carbonyl (C=O) groups excluding carboxylic acids is 1. The summed E-state index contributed by atoms with van der Waals surface area (Å²) in [4.78, 5) is 17.6. The topological polar surface area (TPSA) is 23.6 Å². The molecule has 124 valence electrons. The fourth-order valence-electron chi connectivity index (χ4n) is 2.70. The maximum atomic E-state index is 12.2. The molecule has 0 spiro atoms. The molecule has 3 rings (SSSR count). The molecule has 1 aromatic carbocycles. The number of benzene rings is 1. The predicted octanol–water partition coefficient (Wildman–Crippen LogP) is 3.62. The zero-order valence-corrected chi connectivity index (χ0v) is 14.5. The van der Waals surface area contributed by atoms with Gasteiger partial charge in [0.25, 0.3) is 0 Å². The minimum Gasteiger partial charge on any atom is -0.337 e. The van der Waals surface area contributed by atoms with Crippen molar-refractivity contribution in [1.82, 2.24) is 9.80 Å². The van der Waals surface area contributed by atoms with E-state index in [2.05, 4.69) is 29.2 Å². The van der Waals surface area contributed by atoms with Crippen LogP contribution in [0.5, 0.6) is 0 Å². The number of hydrogen-bond donors (Lipinski definition) is 0. The maximum absolute atomic E-state index is 12.2. The highest BCUT2D eigenvalue weighted by Crippen LogP contribution is 2.11. The summed E-state index contributed by atoms with van der Waals surface area (Å²) >= 11 is 1.65. The van der Waals surface area contributed by atoms with Crippen LogP contribution in [0.1, 0.15) is 10.4 Å². The van der Waals surface area contributed by atoms with Gasteiger partial charge in [0.15, 0.2) is 0 Å². The fraction of sp³-hybridized carbons (Fsp3) is 0.250. The third-order valence-corrected chi connectivity index (χ3v) is 4.93. The van der Waals surface area contributed by atoms with Crippen molar-refractivity contribution >= 4 is 29.4 Å². The Labute approximate surface area is 147 Å². The lowest BCUT2D eigenvalue weighted by Crippen LogP contribution is -2.48. The molecular formula is C20H22N2OS. The monoisotopic (exact) mass is 338 g/mol. The van der Waals surface area contributed by atoms with E-state index in [0.717, 1.165) is 37.6 Å². The van der Waals surface area contributed by atoms with Gasteiger partial charge >= 0.3 is 0 Å². The van der Waals surface area contributed by atoms with E-state index in [-0.39, 0.29) is 5.91 Å². The first-order chi connectivity index (χ1) is 11.8. The van der Waals surface area contributed by atoms with Crippen molar-refractivity contribution in [1.29, 1.82) is 0 Å². The molecule has 24 heavy (non-hydrogen) atoms. The first kappa shape index (κ1) is 16.7. The quantitative estimate of drug-likeness (QED) is 0.778. The predicted molar refractivity (Wildman–Crippen MR) is 102 cm³/mol. The van der Waals surface area contributed by atoms with E-state index >= 15 is 0 Å². The Morgan fingerprint density at radius 3 is 2.50 bits per heavy atom. The lowest BCUT2D eigenvalue weighted by molar-refractivity contribution is -0.127. The van der Waals surface area contributed by atoms with E-state index < -0.39 is 0 Å². The van der Waals surface area contributed by atoms with Gasteiger partial charge < -0.3 is 4.90 Å². The third-order valence-electron chi connectivity index (χ3n) is 4.09. The summed E-state index contributed by atoms with van der Waals surface area (Å²) in [5.41, 5.74) is 1.23. The van der Waals surface area contributed by atoms with Gasteiger partial charge in [0.2, 0.25) is 5.91 Å². The molecule has 0 bridgehead atoms. The van der Waals surface area contributed by atoms with Crippen LogP contribution in [0.4, 0.5) is 0 Å². The van der Waals surface area contributed by atoms with Crippen molar-refractivity contribution in [2.24, 2.45) is 0 Å². The van der Waals surface area contributed by atoms with Crippen molar-refractivity contribution in [3.8, 4) is 0 Å². The summed E-state index contributed by atoms with van der Waals surface area (Å²) in [7, 11) is 0. The van der Waals surface area contributed by atoms with E-state index in [1.165, 1.54) is 5.56 Å². The van der Waals surface area contributed by atoms with Crippen LogP contribution in [-0.4, -0.2) is 48.4 Å². The molecule has 0 radical (unpaired) electrons. The molecule has 1 fully saturated rings. The SMILES string of the molecule is O=C(C=Cc1cccs1)N1CCN(CC=Cc2ccccc2)CC1. The molecule has 1 aliphatic rings. The average molecular weight is 338 g/mol. The lowest BCUT2D eigenvalue weighted by atomic mass is 10.2. The molecule has 1 aromatic heterocycles. The molecule has 4 heteroatoms. The van der Waals surface area contributed by atoms with E-state index in [9.17, 15) is 4.79 Å². The van der Waals surface area contributed by atoms with Gasteiger partial charge in [0, 0.05) is 43.7 Å². The molecule has 1 aliphatic heterocycles. The van der Waals surface area contributed by atoms with Crippen LogP contribution in [0.3, 0.4) is 0 Å². The van der Waals surface area contributed by atoms with Crippen LogP contribution in [0.2, 0.25) is 0 Å². The van der Waals surface area contributed by atoms with Crippen LogP contribution in [-0.2, 0) is 4.79 Å². The zero-order chi connectivity index (χ0) is 16.6. The summed E-state index contributed by atoms with van der Waals surface area (Å²) in [5.74, 6) is 0.114. The number of thiophene rings is 1. The summed E-state index contributed by atoms with van der Waals surface area (Å²) < 4.78 is 0. The summed E-state index contributed by atoms with van der Waals surface area (Å²) in [6, 6.07) is 14.4. The van der Waals surface area contributed by atoms with Gasteiger partial charge in [0.05, 0.1) is 0 Å². The fourth-order valence-corrected chi connectivity index (χ4v) is 3.32. The van der Waals surface area contributed by atoms with Crippen LogP contribution >= 0.6 is 11.3 Å². The molecule has 2 heterocycles. The molecule has 0 N–H and O–H groups in total. The minimum absolute atomic E-state index is 0.114. The molecule has 0 saturated carbocycles. The number of amides is 1. The maximum Gasteiger partial charge on any atom is 0.246 e. The Hall–Kier alpha value is -2.17. The van der Waals surface area contributed by atoms with E-state index in [1.54, 1.807) is 17.4 Å². The van der Waals surface area contributed by atoms with Crippen molar-refractivity contribution in [2.45, 2.75) is 0 Å². The summed E-state index contributed by atoms with van der Waals surface area (Å²) in [6.45, 7) is 4.39. The minimum atomic E-state index is 0.114. The first-order valence-electron chi connectivity index (χ1n) is 8.26.